The first-order valence-electron chi connectivity index (χ1n) is 8.10. The quantitative estimate of drug-likeness (QED) is 0.751. The molecule has 1 saturated carbocycles. The molecule has 1 aliphatic carbocycles. The van der Waals surface area contributed by atoms with Crippen LogP contribution in [-0.2, 0) is 4.79 Å². The summed E-state index contributed by atoms with van der Waals surface area (Å²) in [7, 11) is 1.89. The minimum absolute atomic E-state index is 0.0593. The van der Waals surface area contributed by atoms with Gasteiger partial charge in [0.15, 0.2) is 0 Å². The van der Waals surface area contributed by atoms with E-state index in [2.05, 4.69) is 13.8 Å². The SMILES string of the molecule is CC(C)C(N)CCN(C)C(=O)CC1(CN)CCCCC1. The lowest BCUT2D eigenvalue weighted by atomic mass is 9.71. The summed E-state index contributed by atoms with van der Waals surface area (Å²) in [6, 6.07) is 0.170. The van der Waals surface area contributed by atoms with Crippen molar-refractivity contribution in [2.24, 2.45) is 22.8 Å². The fourth-order valence-corrected chi connectivity index (χ4v) is 3.01. The summed E-state index contributed by atoms with van der Waals surface area (Å²) in [5.74, 6) is 0.695. The highest BCUT2D eigenvalue weighted by Gasteiger charge is 2.33. The van der Waals surface area contributed by atoms with E-state index >= 15 is 0 Å². The molecule has 1 fully saturated rings. The fourth-order valence-electron chi connectivity index (χ4n) is 3.01. The number of rotatable bonds is 7. The van der Waals surface area contributed by atoms with E-state index in [1.807, 2.05) is 11.9 Å². The first-order chi connectivity index (χ1) is 9.40. The highest BCUT2D eigenvalue weighted by atomic mass is 16.2. The molecule has 0 aliphatic heterocycles. The predicted molar refractivity (Wildman–Crippen MR) is 84.3 cm³/mol. The standard InChI is InChI=1S/C16H33N3O/c1-13(2)14(18)7-10-19(3)15(20)11-16(12-17)8-5-4-6-9-16/h13-14H,4-12,17-18H2,1-3H3. The second kappa shape index (κ2) is 7.99. The van der Waals surface area contributed by atoms with Crippen LogP contribution >= 0.6 is 0 Å². The van der Waals surface area contributed by atoms with Crippen molar-refractivity contribution in [3.05, 3.63) is 0 Å². The maximum Gasteiger partial charge on any atom is 0.222 e. The van der Waals surface area contributed by atoms with Gasteiger partial charge in [-0.25, -0.2) is 0 Å². The van der Waals surface area contributed by atoms with Crippen LogP contribution in [0.3, 0.4) is 0 Å². The molecule has 0 aromatic heterocycles. The van der Waals surface area contributed by atoms with E-state index in [9.17, 15) is 4.79 Å². The number of hydrogen-bond donors (Lipinski definition) is 2. The third-order valence-electron chi connectivity index (χ3n) is 4.95. The van der Waals surface area contributed by atoms with Crippen LogP contribution in [0, 0.1) is 11.3 Å². The Morgan fingerprint density at radius 3 is 2.35 bits per heavy atom. The molecule has 0 saturated heterocycles. The molecular weight excluding hydrogens is 250 g/mol. The van der Waals surface area contributed by atoms with E-state index in [1.165, 1.54) is 19.3 Å². The average molecular weight is 283 g/mol. The Morgan fingerprint density at radius 1 is 1.25 bits per heavy atom. The lowest BCUT2D eigenvalue weighted by molar-refractivity contribution is -0.133. The molecule has 0 heterocycles. The number of nitrogens with zero attached hydrogens (tertiary/aromatic N) is 1. The molecule has 1 unspecified atom stereocenters. The molecule has 118 valence electrons. The number of hydrogen-bond acceptors (Lipinski definition) is 3. The summed E-state index contributed by atoms with van der Waals surface area (Å²) in [6.07, 6.45) is 7.41. The van der Waals surface area contributed by atoms with Crippen LogP contribution in [0.1, 0.15) is 58.8 Å². The summed E-state index contributed by atoms with van der Waals surface area (Å²) in [6.45, 7) is 5.63. The normalized spacial score (nSPS) is 19.9. The van der Waals surface area contributed by atoms with Crippen LogP contribution in [-0.4, -0.2) is 37.0 Å². The highest BCUT2D eigenvalue weighted by Crippen LogP contribution is 2.38. The summed E-state index contributed by atoms with van der Waals surface area (Å²) in [5.41, 5.74) is 12.1. The van der Waals surface area contributed by atoms with Crippen molar-refractivity contribution in [2.45, 2.75) is 64.8 Å². The van der Waals surface area contributed by atoms with E-state index in [0.29, 0.717) is 18.9 Å². The van der Waals surface area contributed by atoms with Gasteiger partial charge in [0.1, 0.15) is 0 Å². The summed E-state index contributed by atoms with van der Waals surface area (Å²) in [4.78, 5) is 14.2. The molecule has 0 aromatic rings. The number of carbonyl (C=O) groups excluding carboxylic acids is 1. The van der Waals surface area contributed by atoms with E-state index in [4.69, 9.17) is 11.5 Å². The van der Waals surface area contributed by atoms with Gasteiger partial charge in [0, 0.05) is 26.1 Å². The Hall–Kier alpha value is -0.610. The molecule has 0 spiro atoms. The Bertz CT molecular complexity index is 298. The Morgan fingerprint density at radius 2 is 1.85 bits per heavy atom. The van der Waals surface area contributed by atoms with Gasteiger partial charge >= 0.3 is 0 Å². The van der Waals surface area contributed by atoms with E-state index < -0.39 is 0 Å². The first kappa shape index (κ1) is 17.4. The van der Waals surface area contributed by atoms with Crippen LogP contribution < -0.4 is 11.5 Å². The molecule has 1 amide bonds. The van der Waals surface area contributed by atoms with Crippen molar-refractivity contribution in [1.29, 1.82) is 0 Å². The van der Waals surface area contributed by atoms with E-state index in [0.717, 1.165) is 25.8 Å². The lowest BCUT2D eigenvalue weighted by Crippen LogP contribution is -2.40. The molecule has 0 aromatic carbocycles. The van der Waals surface area contributed by atoms with Gasteiger partial charge in [0.05, 0.1) is 0 Å². The van der Waals surface area contributed by atoms with Gasteiger partial charge in [-0.3, -0.25) is 4.79 Å². The summed E-state index contributed by atoms with van der Waals surface area (Å²) < 4.78 is 0. The van der Waals surface area contributed by atoms with Crippen molar-refractivity contribution >= 4 is 5.91 Å². The van der Waals surface area contributed by atoms with Gasteiger partial charge in [-0.05, 0) is 37.1 Å². The zero-order chi connectivity index (χ0) is 15.2. The third kappa shape index (κ3) is 5.06. The van der Waals surface area contributed by atoms with Crippen LogP contribution in [0.2, 0.25) is 0 Å². The number of carbonyl (C=O) groups is 1. The van der Waals surface area contributed by atoms with Gasteiger partial charge in [-0.15, -0.1) is 0 Å². The molecule has 1 rings (SSSR count). The van der Waals surface area contributed by atoms with Gasteiger partial charge < -0.3 is 16.4 Å². The smallest absolute Gasteiger partial charge is 0.222 e. The maximum atomic E-state index is 12.4. The molecule has 20 heavy (non-hydrogen) atoms. The maximum absolute atomic E-state index is 12.4. The van der Waals surface area contributed by atoms with Crippen molar-refractivity contribution in [2.75, 3.05) is 20.1 Å². The Kier molecular flexibility index (Phi) is 6.96. The van der Waals surface area contributed by atoms with Crippen LogP contribution in [0.15, 0.2) is 0 Å². The number of amides is 1. The van der Waals surface area contributed by atoms with Crippen LogP contribution in [0.25, 0.3) is 0 Å². The average Bonchev–Trinajstić information content (AvgIpc) is 2.45. The molecular formula is C16H33N3O. The molecule has 4 nitrogen and oxygen atoms in total. The second-order valence-corrected chi connectivity index (χ2v) is 6.95. The van der Waals surface area contributed by atoms with E-state index in [-0.39, 0.29) is 17.4 Å². The van der Waals surface area contributed by atoms with Crippen molar-refractivity contribution < 1.29 is 4.79 Å². The largest absolute Gasteiger partial charge is 0.346 e. The summed E-state index contributed by atoms with van der Waals surface area (Å²) >= 11 is 0. The van der Waals surface area contributed by atoms with Gasteiger partial charge in [0.2, 0.25) is 5.91 Å². The lowest BCUT2D eigenvalue weighted by Gasteiger charge is -2.37. The summed E-state index contributed by atoms with van der Waals surface area (Å²) in [5, 5.41) is 0. The molecule has 4 heteroatoms. The Balaban J connectivity index is 2.43. The molecule has 0 radical (unpaired) electrons. The van der Waals surface area contributed by atoms with Gasteiger partial charge in [-0.2, -0.15) is 0 Å². The van der Waals surface area contributed by atoms with E-state index in [1.54, 1.807) is 0 Å². The fraction of sp³-hybridized carbons (Fsp3) is 0.938. The van der Waals surface area contributed by atoms with Gasteiger partial charge in [-0.1, -0.05) is 33.1 Å². The molecule has 4 N–H and O–H groups in total. The second-order valence-electron chi connectivity index (χ2n) is 6.95. The topological polar surface area (TPSA) is 72.3 Å². The first-order valence-corrected chi connectivity index (χ1v) is 8.10. The minimum atomic E-state index is 0.0593. The van der Waals surface area contributed by atoms with Gasteiger partial charge in [0.25, 0.3) is 0 Å². The van der Waals surface area contributed by atoms with Crippen molar-refractivity contribution in [3.8, 4) is 0 Å². The highest BCUT2D eigenvalue weighted by molar-refractivity contribution is 5.76. The zero-order valence-electron chi connectivity index (χ0n) is 13.5. The monoisotopic (exact) mass is 283 g/mol. The molecule has 1 aliphatic rings. The third-order valence-corrected chi connectivity index (χ3v) is 4.95. The molecule has 0 bridgehead atoms. The van der Waals surface area contributed by atoms with Crippen molar-refractivity contribution in [3.63, 3.8) is 0 Å². The zero-order valence-corrected chi connectivity index (χ0v) is 13.5. The molecule has 1 atom stereocenters. The van der Waals surface area contributed by atoms with Crippen molar-refractivity contribution in [1.82, 2.24) is 4.90 Å². The Labute approximate surface area is 124 Å². The predicted octanol–water partition coefficient (Wildman–Crippen LogP) is 2.12. The van der Waals surface area contributed by atoms with Crippen LogP contribution in [0.5, 0.6) is 0 Å². The van der Waals surface area contributed by atoms with Crippen LogP contribution in [0.4, 0.5) is 0 Å². The number of nitrogens with two attached hydrogens (primary N) is 2. The minimum Gasteiger partial charge on any atom is -0.346 e.